The van der Waals surface area contributed by atoms with Gasteiger partial charge in [0.2, 0.25) is 5.95 Å². The molecule has 0 radical (unpaired) electrons. The molecule has 0 unspecified atom stereocenters. The second-order valence-electron chi connectivity index (χ2n) is 4.72. The minimum absolute atomic E-state index is 0.234. The lowest BCUT2D eigenvalue weighted by Crippen LogP contribution is -2.24. The van der Waals surface area contributed by atoms with Gasteiger partial charge < -0.3 is 10.1 Å². The number of hydrogen-bond donors (Lipinski definition) is 1. The van der Waals surface area contributed by atoms with Crippen molar-refractivity contribution in [3.05, 3.63) is 71.3 Å². The molecule has 1 amide bonds. The fourth-order valence-electron chi connectivity index (χ4n) is 1.78. The van der Waals surface area contributed by atoms with Crippen molar-refractivity contribution in [1.82, 2.24) is 10.3 Å². The monoisotopic (exact) mass is 300 g/mol. The molecule has 0 aliphatic heterocycles. The van der Waals surface area contributed by atoms with Gasteiger partial charge in [-0.1, -0.05) is 42.5 Å². The Morgan fingerprint density at radius 1 is 1.36 bits per heavy atom. The number of halogens is 1. The van der Waals surface area contributed by atoms with Crippen LogP contribution < -0.4 is 5.32 Å². The average molecular weight is 300 g/mol. The van der Waals surface area contributed by atoms with E-state index in [1.165, 1.54) is 6.20 Å². The highest BCUT2D eigenvalue weighted by Crippen LogP contribution is 2.07. The molecule has 2 aromatic rings. The maximum atomic E-state index is 13.0. The minimum atomic E-state index is -0.484. The lowest BCUT2D eigenvalue weighted by Gasteiger charge is -2.05. The first-order valence-electron chi connectivity index (χ1n) is 6.88. The van der Waals surface area contributed by atoms with Gasteiger partial charge in [0.05, 0.1) is 0 Å². The van der Waals surface area contributed by atoms with Crippen LogP contribution in [0.1, 0.15) is 16.7 Å². The summed E-state index contributed by atoms with van der Waals surface area (Å²) in [7, 11) is 0. The molecule has 1 aromatic carbocycles. The number of aromatic nitrogens is 1. The van der Waals surface area contributed by atoms with Crippen molar-refractivity contribution < 1.29 is 13.9 Å². The molecule has 1 N–H and O–H groups in total. The number of alkyl carbamates (subject to hydrolysis) is 1. The number of nitrogens with zero attached hydrogens (tertiary/aromatic N) is 1. The molecule has 0 saturated heterocycles. The largest absolute Gasteiger partial charge is 0.445 e. The van der Waals surface area contributed by atoms with E-state index in [0.717, 1.165) is 11.1 Å². The number of benzene rings is 1. The van der Waals surface area contributed by atoms with E-state index in [2.05, 4.69) is 10.3 Å². The maximum absolute atomic E-state index is 13.0. The second-order valence-corrected chi connectivity index (χ2v) is 4.72. The SMILES string of the molecule is Cc1cc(C=CCNC(=O)OCc2ccccc2)cnc1F. The standard InChI is InChI=1S/C17H17FN2O2/c1-13-10-15(11-20-16(13)18)8-5-9-19-17(21)22-12-14-6-3-2-4-7-14/h2-8,10-11H,9,12H2,1H3,(H,19,21). The van der Waals surface area contributed by atoms with E-state index in [9.17, 15) is 9.18 Å². The van der Waals surface area contributed by atoms with Crippen LogP contribution in [0, 0.1) is 12.9 Å². The van der Waals surface area contributed by atoms with Crippen LogP contribution in [0.15, 0.2) is 48.7 Å². The number of amides is 1. The van der Waals surface area contributed by atoms with Crippen molar-refractivity contribution in [3.63, 3.8) is 0 Å². The Bertz CT molecular complexity index is 657. The molecule has 114 valence electrons. The molecule has 0 bridgehead atoms. The maximum Gasteiger partial charge on any atom is 0.407 e. The molecular weight excluding hydrogens is 283 g/mol. The van der Waals surface area contributed by atoms with Crippen molar-refractivity contribution in [3.8, 4) is 0 Å². The van der Waals surface area contributed by atoms with Gasteiger partial charge in [0.25, 0.3) is 0 Å². The molecule has 0 aliphatic rings. The van der Waals surface area contributed by atoms with Gasteiger partial charge in [-0.25, -0.2) is 9.78 Å². The van der Waals surface area contributed by atoms with Gasteiger partial charge in [-0.2, -0.15) is 4.39 Å². The zero-order valence-corrected chi connectivity index (χ0v) is 12.3. The summed E-state index contributed by atoms with van der Waals surface area (Å²) in [6.07, 6.45) is 4.46. The van der Waals surface area contributed by atoms with Crippen LogP contribution in [-0.2, 0) is 11.3 Å². The number of nitrogens with one attached hydrogen (secondary N) is 1. The third-order valence-electron chi connectivity index (χ3n) is 2.92. The summed E-state index contributed by atoms with van der Waals surface area (Å²) in [6.45, 7) is 2.21. The Hall–Kier alpha value is -2.69. The van der Waals surface area contributed by atoms with E-state index < -0.39 is 12.0 Å². The Morgan fingerprint density at radius 3 is 2.86 bits per heavy atom. The van der Waals surface area contributed by atoms with Gasteiger partial charge >= 0.3 is 6.09 Å². The van der Waals surface area contributed by atoms with Gasteiger partial charge in [0.15, 0.2) is 0 Å². The number of carbonyl (C=O) groups excluding carboxylic acids is 1. The summed E-state index contributed by atoms with van der Waals surface area (Å²) in [5.74, 6) is -0.472. The van der Waals surface area contributed by atoms with Crippen molar-refractivity contribution in [2.75, 3.05) is 6.54 Å². The van der Waals surface area contributed by atoms with Crippen molar-refractivity contribution in [1.29, 1.82) is 0 Å². The summed E-state index contributed by atoms with van der Waals surface area (Å²) in [5.41, 5.74) is 2.19. The van der Waals surface area contributed by atoms with Gasteiger partial charge in [-0.05, 0) is 24.1 Å². The third-order valence-corrected chi connectivity index (χ3v) is 2.92. The predicted octanol–water partition coefficient (Wildman–Crippen LogP) is 3.47. The van der Waals surface area contributed by atoms with Crippen LogP contribution in [0.2, 0.25) is 0 Å². The fraction of sp³-hybridized carbons (Fsp3) is 0.176. The average Bonchev–Trinajstić information content (AvgIpc) is 2.54. The normalized spacial score (nSPS) is 10.6. The predicted molar refractivity (Wildman–Crippen MR) is 82.6 cm³/mol. The second kappa shape index (κ2) is 7.93. The van der Waals surface area contributed by atoms with E-state index >= 15 is 0 Å². The van der Waals surface area contributed by atoms with Gasteiger partial charge in [0, 0.05) is 18.3 Å². The van der Waals surface area contributed by atoms with E-state index in [1.807, 2.05) is 30.3 Å². The Morgan fingerprint density at radius 2 is 2.14 bits per heavy atom. The fourth-order valence-corrected chi connectivity index (χ4v) is 1.78. The third kappa shape index (κ3) is 5.01. The molecule has 4 nitrogen and oxygen atoms in total. The summed E-state index contributed by atoms with van der Waals surface area (Å²) in [5, 5.41) is 2.61. The first kappa shape index (κ1) is 15.7. The van der Waals surface area contributed by atoms with E-state index in [4.69, 9.17) is 4.74 Å². The van der Waals surface area contributed by atoms with Crippen LogP contribution in [0.3, 0.4) is 0 Å². The topological polar surface area (TPSA) is 51.2 Å². The minimum Gasteiger partial charge on any atom is -0.445 e. The molecule has 22 heavy (non-hydrogen) atoms. The quantitative estimate of drug-likeness (QED) is 0.860. The van der Waals surface area contributed by atoms with Crippen molar-refractivity contribution in [2.24, 2.45) is 0 Å². The van der Waals surface area contributed by atoms with Crippen LogP contribution in [0.5, 0.6) is 0 Å². The van der Waals surface area contributed by atoms with Crippen LogP contribution in [-0.4, -0.2) is 17.6 Å². The van der Waals surface area contributed by atoms with Crippen molar-refractivity contribution in [2.45, 2.75) is 13.5 Å². The summed E-state index contributed by atoms with van der Waals surface area (Å²) in [4.78, 5) is 15.1. The van der Waals surface area contributed by atoms with Gasteiger partial charge in [0.1, 0.15) is 6.61 Å². The summed E-state index contributed by atoms with van der Waals surface area (Å²) >= 11 is 0. The lowest BCUT2D eigenvalue weighted by molar-refractivity contribution is 0.141. The highest BCUT2D eigenvalue weighted by Gasteiger charge is 2.00. The molecule has 1 heterocycles. The Kier molecular flexibility index (Phi) is 5.65. The number of ether oxygens (including phenoxy) is 1. The lowest BCUT2D eigenvalue weighted by atomic mass is 10.2. The molecule has 0 aliphatic carbocycles. The van der Waals surface area contributed by atoms with Gasteiger partial charge in [-0.15, -0.1) is 0 Å². The molecule has 5 heteroatoms. The molecule has 0 atom stereocenters. The highest BCUT2D eigenvalue weighted by atomic mass is 19.1. The van der Waals surface area contributed by atoms with E-state index in [1.54, 1.807) is 25.1 Å². The summed E-state index contributed by atoms with van der Waals surface area (Å²) in [6, 6.07) is 11.1. The van der Waals surface area contributed by atoms with Crippen LogP contribution in [0.25, 0.3) is 6.08 Å². The highest BCUT2D eigenvalue weighted by molar-refractivity contribution is 5.67. The Labute approximate surface area is 128 Å². The number of rotatable bonds is 5. The first-order valence-corrected chi connectivity index (χ1v) is 6.88. The Balaban J connectivity index is 1.72. The van der Waals surface area contributed by atoms with Crippen LogP contribution >= 0.6 is 0 Å². The molecule has 0 fully saturated rings. The zero-order chi connectivity index (χ0) is 15.8. The molecule has 0 spiro atoms. The smallest absolute Gasteiger partial charge is 0.407 e. The molecule has 0 saturated carbocycles. The molecular formula is C17H17FN2O2. The van der Waals surface area contributed by atoms with Crippen molar-refractivity contribution >= 4 is 12.2 Å². The number of pyridine rings is 1. The summed E-state index contributed by atoms with van der Waals surface area (Å²) < 4.78 is 18.1. The van der Waals surface area contributed by atoms with E-state index in [0.29, 0.717) is 12.1 Å². The molecule has 2 rings (SSSR count). The van der Waals surface area contributed by atoms with Gasteiger partial charge in [-0.3, -0.25) is 0 Å². The first-order chi connectivity index (χ1) is 10.6. The number of carbonyl (C=O) groups is 1. The zero-order valence-electron chi connectivity index (χ0n) is 12.3. The number of hydrogen-bond acceptors (Lipinski definition) is 3. The molecule has 1 aromatic heterocycles. The number of aryl methyl sites for hydroxylation is 1. The van der Waals surface area contributed by atoms with E-state index in [-0.39, 0.29) is 6.61 Å². The van der Waals surface area contributed by atoms with Crippen LogP contribution in [0.4, 0.5) is 9.18 Å².